The maximum atomic E-state index is 13.5. The number of anilines is 3. The Morgan fingerprint density at radius 1 is 0.710 bits per heavy atom. The third-order valence-corrected chi connectivity index (χ3v) is 8.92. The first-order chi connectivity index (χ1) is 29.9. The summed E-state index contributed by atoms with van der Waals surface area (Å²) in [4.78, 5) is 68.7. The Morgan fingerprint density at radius 2 is 1.29 bits per heavy atom. The third kappa shape index (κ3) is 9.89. The maximum absolute atomic E-state index is 13.5. The Balaban J connectivity index is 1.10. The first kappa shape index (κ1) is 42.4. The van der Waals surface area contributed by atoms with Crippen LogP contribution in [0.5, 0.6) is 23.0 Å². The van der Waals surface area contributed by atoms with Crippen molar-refractivity contribution in [2.75, 3.05) is 30.2 Å². The molecule has 0 aliphatic heterocycles. The van der Waals surface area contributed by atoms with Crippen LogP contribution in [-0.4, -0.2) is 85.6 Å². The molecule has 0 spiro atoms. The highest BCUT2D eigenvalue weighted by molar-refractivity contribution is 6.10. The molecule has 0 saturated heterocycles. The first-order valence-electron chi connectivity index (χ1n) is 18.1. The number of carbonyl (C=O) groups is 5. The first-order valence-corrected chi connectivity index (χ1v) is 18.1. The third-order valence-electron chi connectivity index (χ3n) is 8.92. The van der Waals surface area contributed by atoms with E-state index in [9.17, 15) is 39.3 Å². The van der Waals surface area contributed by atoms with Crippen LogP contribution in [0.25, 0.3) is 0 Å². The van der Waals surface area contributed by atoms with Gasteiger partial charge < -0.3 is 46.1 Å². The van der Waals surface area contributed by atoms with Crippen molar-refractivity contribution in [1.82, 2.24) is 25.7 Å². The molecule has 2 aromatic heterocycles. The molecule has 1 atom stereocenters. The largest absolute Gasteiger partial charge is 0.504 e. The van der Waals surface area contributed by atoms with Crippen LogP contribution in [0, 0.1) is 23.2 Å². The standard InChI is InChI=1S/C43H33N9O10/c1-61-37-32(17-14-29(35(37)53)40(56)48-31-18-15-30(43(59)60)36(54)38(31)62-2)49-41(57)33-16-13-27(21-45-33)47-42(58)34(19-28-22-46-52-51-28)50-39(55)26-11-9-24(10-12-26)4-3-23-5-7-25(20-44)8-6-23/h5-18,21-22,34,53-54H,19H2,1-2H3,(H,47,58)(H,48,56)(H,49,57)(H,50,55)(H,59,60)(H,46,51,52)/t34-/m0/s1. The zero-order chi connectivity index (χ0) is 44.3. The smallest absolute Gasteiger partial charge is 0.339 e. The number of rotatable bonds is 13. The molecule has 310 valence electrons. The lowest BCUT2D eigenvalue weighted by atomic mass is 10.1. The van der Waals surface area contributed by atoms with E-state index < -0.39 is 52.7 Å². The van der Waals surface area contributed by atoms with Gasteiger partial charge in [0.25, 0.3) is 17.7 Å². The summed E-state index contributed by atoms with van der Waals surface area (Å²) in [7, 11) is 2.36. The van der Waals surface area contributed by atoms with Gasteiger partial charge >= 0.3 is 5.97 Å². The molecule has 0 fully saturated rings. The van der Waals surface area contributed by atoms with Gasteiger partial charge in [-0.1, -0.05) is 11.8 Å². The second-order valence-electron chi connectivity index (χ2n) is 12.9. The number of nitrogens with zero attached hydrogens (tertiary/aromatic N) is 4. The molecule has 0 aliphatic carbocycles. The van der Waals surface area contributed by atoms with Crippen LogP contribution in [0.15, 0.2) is 97.3 Å². The number of hydrogen-bond acceptors (Lipinski definition) is 13. The lowest BCUT2D eigenvalue weighted by Gasteiger charge is -2.18. The fourth-order valence-corrected chi connectivity index (χ4v) is 5.78. The number of H-pyrrole nitrogens is 1. The van der Waals surface area contributed by atoms with Crippen LogP contribution in [0.3, 0.4) is 0 Å². The summed E-state index contributed by atoms with van der Waals surface area (Å²) in [5.74, 6) is -0.220. The van der Waals surface area contributed by atoms with Gasteiger partial charge in [-0.15, -0.1) is 0 Å². The van der Waals surface area contributed by atoms with Crippen LogP contribution in [0.4, 0.5) is 17.1 Å². The van der Waals surface area contributed by atoms with E-state index in [1.807, 2.05) is 0 Å². The normalized spacial score (nSPS) is 10.8. The zero-order valence-corrected chi connectivity index (χ0v) is 32.5. The number of aromatic nitrogens is 4. The minimum absolute atomic E-state index is 0.0249. The number of carboxylic acid groups (broad SMARTS) is 1. The Bertz CT molecular complexity index is 2780. The van der Waals surface area contributed by atoms with E-state index >= 15 is 0 Å². The number of hydrogen-bond donors (Lipinski definition) is 8. The van der Waals surface area contributed by atoms with E-state index in [-0.39, 0.29) is 51.8 Å². The Labute approximate surface area is 351 Å². The number of nitriles is 1. The van der Waals surface area contributed by atoms with E-state index in [0.29, 0.717) is 22.4 Å². The van der Waals surface area contributed by atoms with Crippen LogP contribution in [-0.2, 0) is 11.2 Å². The number of phenolic OH excluding ortho intramolecular Hbond substituents is 1. The minimum Gasteiger partial charge on any atom is -0.504 e. The van der Waals surface area contributed by atoms with Crippen molar-refractivity contribution in [2.45, 2.75) is 12.5 Å². The molecule has 4 amide bonds. The second kappa shape index (κ2) is 19.0. The number of methoxy groups -OCH3 is 2. The van der Waals surface area contributed by atoms with Crippen molar-refractivity contribution in [3.63, 3.8) is 0 Å². The average Bonchev–Trinajstić information content (AvgIpc) is 3.79. The highest BCUT2D eigenvalue weighted by Crippen LogP contribution is 2.40. The van der Waals surface area contributed by atoms with Crippen molar-refractivity contribution >= 4 is 46.7 Å². The molecule has 4 aromatic carbocycles. The van der Waals surface area contributed by atoms with Crippen molar-refractivity contribution < 1.29 is 48.8 Å². The summed E-state index contributed by atoms with van der Waals surface area (Å²) >= 11 is 0. The Hall–Kier alpha value is -9.23. The summed E-state index contributed by atoms with van der Waals surface area (Å²) < 4.78 is 10.4. The van der Waals surface area contributed by atoms with Crippen molar-refractivity contribution in [3.05, 3.63) is 142 Å². The summed E-state index contributed by atoms with van der Waals surface area (Å²) in [5.41, 5.74) is 1.70. The summed E-state index contributed by atoms with van der Waals surface area (Å²) in [6.07, 6.45) is 2.60. The lowest BCUT2D eigenvalue weighted by molar-refractivity contribution is -0.118. The van der Waals surface area contributed by atoms with Gasteiger partial charge in [-0.05, 0) is 84.9 Å². The minimum atomic E-state index is -1.42. The van der Waals surface area contributed by atoms with Gasteiger partial charge in [-0.25, -0.2) is 9.78 Å². The van der Waals surface area contributed by atoms with E-state index in [0.717, 1.165) is 13.2 Å². The molecule has 19 nitrogen and oxygen atoms in total. The molecule has 6 aromatic rings. The molecule has 0 radical (unpaired) electrons. The molecule has 0 unspecified atom stereocenters. The molecule has 2 heterocycles. The molecule has 0 saturated carbocycles. The summed E-state index contributed by atoms with van der Waals surface area (Å²) in [6, 6.07) is 21.6. The monoisotopic (exact) mass is 835 g/mol. The topological polar surface area (TPSA) is 291 Å². The predicted octanol–water partition coefficient (Wildman–Crippen LogP) is 4.08. The molecule has 0 bridgehead atoms. The van der Waals surface area contributed by atoms with Gasteiger partial charge in [0.1, 0.15) is 17.3 Å². The van der Waals surface area contributed by atoms with E-state index in [1.54, 1.807) is 48.5 Å². The van der Waals surface area contributed by atoms with Gasteiger partial charge in [-0.3, -0.25) is 19.2 Å². The molecule has 0 aliphatic rings. The molecular formula is C43H33N9O10. The summed E-state index contributed by atoms with van der Waals surface area (Å²) in [5, 5.41) is 60.1. The quantitative estimate of drug-likeness (QED) is 0.0761. The molecule has 19 heteroatoms. The van der Waals surface area contributed by atoms with E-state index in [2.05, 4.69) is 59.6 Å². The number of benzene rings is 4. The number of carbonyl (C=O) groups excluding carboxylic acids is 4. The Morgan fingerprint density at radius 3 is 1.84 bits per heavy atom. The number of aromatic carboxylic acids is 1. The predicted molar refractivity (Wildman–Crippen MR) is 220 cm³/mol. The van der Waals surface area contributed by atoms with Crippen molar-refractivity contribution in [1.29, 1.82) is 5.26 Å². The highest BCUT2D eigenvalue weighted by atomic mass is 16.5. The number of pyridine rings is 1. The summed E-state index contributed by atoms with van der Waals surface area (Å²) in [6.45, 7) is 0. The van der Waals surface area contributed by atoms with Gasteiger partial charge in [0.05, 0.1) is 66.6 Å². The van der Waals surface area contributed by atoms with Crippen LogP contribution >= 0.6 is 0 Å². The number of ether oxygens (including phenoxy) is 2. The molecule has 6 rings (SSSR count). The highest BCUT2D eigenvalue weighted by Gasteiger charge is 2.26. The lowest BCUT2D eigenvalue weighted by Crippen LogP contribution is -2.45. The average molecular weight is 836 g/mol. The van der Waals surface area contributed by atoms with Gasteiger partial charge in [0.15, 0.2) is 23.0 Å². The second-order valence-corrected chi connectivity index (χ2v) is 12.9. The zero-order valence-electron chi connectivity index (χ0n) is 32.5. The number of amides is 4. The van der Waals surface area contributed by atoms with Gasteiger partial charge in [0, 0.05) is 23.1 Å². The van der Waals surface area contributed by atoms with Gasteiger partial charge in [-0.2, -0.15) is 20.7 Å². The van der Waals surface area contributed by atoms with Crippen LogP contribution in [0.2, 0.25) is 0 Å². The number of nitrogens with one attached hydrogen (secondary N) is 5. The fourth-order valence-electron chi connectivity index (χ4n) is 5.78. The number of aromatic amines is 1. The maximum Gasteiger partial charge on any atom is 0.339 e. The number of phenols is 2. The van der Waals surface area contributed by atoms with Crippen LogP contribution in [0.1, 0.15) is 63.9 Å². The fraction of sp³-hybridized carbons (Fsp3) is 0.0930. The molecule has 8 N–H and O–H groups in total. The SMILES string of the molecule is COc1c(NC(=O)c2ccc(NC(=O)c3ccc(NC(=O)[C@H](Cc4cn[nH]n4)NC(=O)c4ccc(C#Cc5ccc(C#N)cc5)cc4)cn3)c(OC)c2O)ccc(C(=O)O)c1O. The molecule has 62 heavy (non-hydrogen) atoms. The van der Waals surface area contributed by atoms with Gasteiger partial charge in [0.2, 0.25) is 5.91 Å². The molecular weight excluding hydrogens is 803 g/mol. The Kier molecular flexibility index (Phi) is 13.0. The van der Waals surface area contributed by atoms with E-state index in [4.69, 9.17) is 14.7 Å². The number of aromatic hydroxyl groups is 2. The number of carboxylic acids is 1. The van der Waals surface area contributed by atoms with Crippen molar-refractivity contribution in [2.24, 2.45) is 0 Å². The van der Waals surface area contributed by atoms with Crippen molar-refractivity contribution in [3.8, 4) is 40.9 Å². The van der Waals surface area contributed by atoms with Crippen LogP contribution < -0.4 is 30.7 Å². The van der Waals surface area contributed by atoms with E-state index in [1.165, 1.54) is 49.8 Å².